The van der Waals surface area contributed by atoms with Crippen LogP contribution in [0.5, 0.6) is 0 Å². The summed E-state index contributed by atoms with van der Waals surface area (Å²) in [4.78, 5) is 11.9. The molecule has 2 heteroatoms. The summed E-state index contributed by atoms with van der Waals surface area (Å²) in [6.45, 7) is 8.11. The first kappa shape index (κ1) is 9.50. The van der Waals surface area contributed by atoms with Crippen LogP contribution in [-0.4, -0.2) is 5.78 Å². The molecular weight excluding hydrogens is 176 g/mol. The molecule has 1 heterocycles. The van der Waals surface area contributed by atoms with E-state index in [2.05, 4.69) is 13.8 Å². The van der Waals surface area contributed by atoms with Crippen molar-refractivity contribution in [2.45, 2.75) is 40.5 Å². The highest BCUT2D eigenvalue weighted by atomic mass is 16.3. The summed E-state index contributed by atoms with van der Waals surface area (Å²) < 4.78 is 5.62. The number of furan rings is 1. The fourth-order valence-electron chi connectivity index (χ4n) is 2.21. The van der Waals surface area contributed by atoms with Crippen LogP contribution in [-0.2, 0) is 6.42 Å². The average molecular weight is 192 g/mol. The second kappa shape index (κ2) is 2.72. The maximum absolute atomic E-state index is 11.9. The van der Waals surface area contributed by atoms with E-state index in [9.17, 15) is 4.79 Å². The van der Waals surface area contributed by atoms with Gasteiger partial charge in [-0.3, -0.25) is 4.79 Å². The fraction of sp³-hybridized carbons (Fsp3) is 0.583. The molecule has 76 valence electrons. The van der Waals surface area contributed by atoms with Crippen LogP contribution in [0.2, 0.25) is 0 Å². The van der Waals surface area contributed by atoms with E-state index in [1.165, 1.54) is 0 Å². The molecule has 0 unspecified atom stereocenters. The third-order valence-electron chi connectivity index (χ3n) is 3.02. The van der Waals surface area contributed by atoms with Crippen molar-refractivity contribution in [3.8, 4) is 0 Å². The predicted octanol–water partition coefficient (Wildman–Crippen LogP) is 3.05. The van der Waals surface area contributed by atoms with E-state index in [1.807, 2.05) is 13.8 Å². The van der Waals surface area contributed by atoms with E-state index < -0.39 is 0 Å². The Kier molecular flexibility index (Phi) is 1.85. The van der Waals surface area contributed by atoms with E-state index in [0.29, 0.717) is 6.42 Å². The first-order chi connectivity index (χ1) is 6.41. The first-order valence-electron chi connectivity index (χ1n) is 5.03. The van der Waals surface area contributed by atoms with Crippen molar-refractivity contribution in [3.05, 3.63) is 22.6 Å². The highest BCUT2D eigenvalue weighted by Gasteiger charge is 2.35. The Morgan fingerprint density at radius 2 is 1.86 bits per heavy atom. The molecule has 1 aromatic rings. The SMILES string of the molecule is Cc1oc2c(c1C)C(=O)CC(C)(C)C2. The number of carbonyl (C=O) groups excluding carboxylic acids is 1. The van der Waals surface area contributed by atoms with E-state index in [-0.39, 0.29) is 11.2 Å². The van der Waals surface area contributed by atoms with Crippen molar-refractivity contribution in [1.29, 1.82) is 0 Å². The third-order valence-corrected chi connectivity index (χ3v) is 3.02. The van der Waals surface area contributed by atoms with Gasteiger partial charge >= 0.3 is 0 Å². The lowest BCUT2D eigenvalue weighted by atomic mass is 9.76. The Morgan fingerprint density at radius 3 is 2.50 bits per heavy atom. The number of hydrogen-bond donors (Lipinski definition) is 0. The van der Waals surface area contributed by atoms with Crippen LogP contribution in [0.25, 0.3) is 0 Å². The highest BCUT2D eigenvalue weighted by Crippen LogP contribution is 2.37. The number of fused-ring (bicyclic) bond motifs is 1. The lowest BCUT2D eigenvalue weighted by Gasteiger charge is -2.27. The van der Waals surface area contributed by atoms with Crippen molar-refractivity contribution >= 4 is 5.78 Å². The van der Waals surface area contributed by atoms with Crippen molar-refractivity contribution in [3.63, 3.8) is 0 Å². The number of hydrogen-bond acceptors (Lipinski definition) is 2. The smallest absolute Gasteiger partial charge is 0.167 e. The van der Waals surface area contributed by atoms with Crippen LogP contribution >= 0.6 is 0 Å². The lowest BCUT2D eigenvalue weighted by Crippen LogP contribution is -2.26. The second-order valence-corrected chi connectivity index (χ2v) is 5.02. The van der Waals surface area contributed by atoms with Crippen LogP contribution in [0, 0.1) is 19.3 Å². The molecule has 0 atom stereocenters. The summed E-state index contributed by atoms with van der Waals surface area (Å²) in [5.41, 5.74) is 1.93. The van der Waals surface area contributed by atoms with Crippen molar-refractivity contribution in [2.75, 3.05) is 0 Å². The number of aryl methyl sites for hydroxylation is 1. The van der Waals surface area contributed by atoms with Crippen LogP contribution in [0.3, 0.4) is 0 Å². The van der Waals surface area contributed by atoms with Crippen molar-refractivity contribution < 1.29 is 9.21 Å². The minimum Gasteiger partial charge on any atom is -0.465 e. The molecule has 1 aromatic heterocycles. The molecule has 0 N–H and O–H groups in total. The number of rotatable bonds is 0. The Labute approximate surface area is 84.3 Å². The van der Waals surface area contributed by atoms with Gasteiger partial charge in [0.1, 0.15) is 11.5 Å². The molecule has 0 bridgehead atoms. The quantitative estimate of drug-likeness (QED) is 0.632. The van der Waals surface area contributed by atoms with Gasteiger partial charge in [0.2, 0.25) is 0 Å². The molecule has 0 radical (unpaired) electrons. The molecule has 1 aliphatic carbocycles. The number of Topliss-reactive ketones (excluding diaryl/α,β-unsaturated/α-hetero) is 1. The molecule has 0 amide bonds. The summed E-state index contributed by atoms with van der Waals surface area (Å²) >= 11 is 0. The van der Waals surface area contributed by atoms with E-state index >= 15 is 0 Å². The maximum Gasteiger partial charge on any atom is 0.167 e. The molecule has 1 aliphatic rings. The Bertz CT molecular complexity index is 397. The molecule has 14 heavy (non-hydrogen) atoms. The Balaban J connectivity index is 2.56. The molecule has 0 aromatic carbocycles. The van der Waals surface area contributed by atoms with Gasteiger partial charge in [-0.15, -0.1) is 0 Å². The summed E-state index contributed by atoms with van der Waals surface area (Å²) in [7, 11) is 0. The van der Waals surface area contributed by atoms with Gasteiger partial charge in [-0.25, -0.2) is 0 Å². The van der Waals surface area contributed by atoms with Crippen LogP contribution < -0.4 is 0 Å². The van der Waals surface area contributed by atoms with Crippen LogP contribution in [0.1, 0.15) is 47.7 Å². The summed E-state index contributed by atoms with van der Waals surface area (Å²) in [5, 5.41) is 0. The average Bonchev–Trinajstić information content (AvgIpc) is 2.24. The lowest BCUT2D eigenvalue weighted by molar-refractivity contribution is 0.0903. The molecule has 0 saturated heterocycles. The zero-order valence-corrected chi connectivity index (χ0v) is 9.23. The Hall–Kier alpha value is -1.05. The molecule has 0 fully saturated rings. The summed E-state index contributed by atoms with van der Waals surface area (Å²) in [5.74, 6) is 2.02. The minimum atomic E-state index is 0.0564. The van der Waals surface area contributed by atoms with E-state index in [4.69, 9.17) is 4.42 Å². The molecule has 2 nitrogen and oxygen atoms in total. The standard InChI is InChI=1S/C12H16O2/c1-7-8(2)14-10-6-12(3,4)5-9(13)11(7)10/h5-6H2,1-4H3. The van der Waals surface area contributed by atoms with Crippen molar-refractivity contribution in [2.24, 2.45) is 5.41 Å². The first-order valence-corrected chi connectivity index (χ1v) is 5.03. The Morgan fingerprint density at radius 1 is 1.21 bits per heavy atom. The molecule has 0 saturated carbocycles. The molecular formula is C12H16O2. The fourth-order valence-corrected chi connectivity index (χ4v) is 2.21. The predicted molar refractivity (Wildman–Crippen MR) is 54.6 cm³/mol. The van der Waals surface area contributed by atoms with Gasteiger partial charge in [-0.2, -0.15) is 0 Å². The second-order valence-electron chi connectivity index (χ2n) is 5.02. The van der Waals surface area contributed by atoms with Crippen molar-refractivity contribution in [1.82, 2.24) is 0 Å². The summed E-state index contributed by atoms with van der Waals surface area (Å²) in [6, 6.07) is 0. The van der Waals surface area contributed by atoms with Gasteiger partial charge in [0.25, 0.3) is 0 Å². The zero-order chi connectivity index (χ0) is 10.5. The molecule has 2 rings (SSSR count). The summed E-state index contributed by atoms with van der Waals surface area (Å²) in [6.07, 6.45) is 1.52. The largest absolute Gasteiger partial charge is 0.465 e. The monoisotopic (exact) mass is 192 g/mol. The zero-order valence-electron chi connectivity index (χ0n) is 9.23. The van der Waals surface area contributed by atoms with E-state index in [0.717, 1.165) is 29.1 Å². The van der Waals surface area contributed by atoms with Gasteiger partial charge in [0, 0.05) is 18.4 Å². The molecule has 0 spiro atoms. The number of carbonyl (C=O) groups is 1. The molecule has 0 aliphatic heterocycles. The normalized spacial score (nSPS) is 19.6. The van der Waals surface area contributed by atoms with Gasteiger partial charge in [-0.1, -0.05) is 13.8 Å². The van der Waals surface area contributed by atoms with Crippen LogP contribution in [0.15, 0.2) is 4.42 Å². The van der Waals surface area contributed by atoms with Gasteiger partial charge in [0.15, 0.2) is 5.78 Å². The van der Waals surface area contributed by atoms with Gasteiger partial charge < -0.3 is 4.42 Å². The van der Waals surface area contributed by atoms with Gasteiger partial charge in [-0.05, 0) is 19.3 Å². The third kappa shape index (κ3) is 1.29. The number of ketones is 1. The topological polar surface area (TPSA) is 30.2 Å². The minimum absolute atomic E-state index is 0.0564. The van der Waals surface area contributed by atoms with Gasteiger partial charge in [0.05, 0.1) is 5.56 Å². The maximum atomic E-state index is 11.9. The van der Waals surface area contributed by atoms with E-state index in [1.54, 1.807) is 0 Å². The van der Waals surface area contributed by atoms with Crippen LogP contribution in [0.4, 0.5) is 0 Å². The highest BCUT2D eigenvalue weighted by molar-refractivity contribution is 6.00.